The van der Waals surface area contributed by atoms with Crippen molar-refractivity contribution in [3.8, 4) is 0 Å². The van der Waals surface area contributed by atoms with Crippen molar-refractivity contribution in [2.75, 3.05) is 18.0 Å². The third kappa shape index (κ3) is 2.19. The molecule has 2 atom stereocenters. The van der Waals surface area contributed by atoms with Gasteiger partial charge in [0.05, 0.1) is 0 Å². The minimum absolute atomic E-state index is 0.342. The van der Waals surface area contributed by atoms with E-state index in [1.54, 1.807) is 12.4 Å². The van der Waals surface area contributed by atoms with E-state index in [0.717, 1.165) is 30.7 Å². The summed E-state index contributed by atoms with van der Waals surface area (Å²) in [7, 11) is 0. The predicted molar refractivity (Wildman–Crippen MR) is 75.6 cm³/mol. The molecule has 1 saturated heterocycles. The van der Waals surface area contributed by atoms with Crippen molar-refractivity contribution in [2.24, 2.45) is 17.6 Å². The zero-order valence-corrected chi connectivity index (χ0v) is 11.2. The van der Waals surface area contributed by atoms with E-state index in [1.165, 1.54) is 25.7 Å². The van der Waals surface area contributed by atoms with E-state index in [-0.39, 0.29) is 0 Å². The molecule has 2 unspecified atom stereocenters. The van der Waals surface area contributed by atoms with Crippen LogP contribution in [0.15, 0.2) is 12.4 Å². The molecule has 2 aliphatic rings. The second-order valence-corrected chi connectivity index (χ2v) is 5.84. The van der Waals surface area contributed by atoms with Crippen molar-refractivity contribution >= 4 is 23.0 Å². The molecule has 96 valence electrons. The van der Waals surface area contributed by atoms with Gasteiger partial charge >= 0.3 is 0 Å². The molecule has 2 fully saturated rings. The molecule has 4 nitrogen and oxygen atoms in total. The van der Waals surface area contributed by atoms with E-state index in [4.69, 9.17) is 18.0 Å². The van der Waals surface area contributed by atoms with Crippen molar-refractivity contribution in [1.82, 2.24) is 9.97 Å². The van der Waals surface area contributed by atoms with E-state index in [9.17, 15) is 0 Å². The number of anilines is 1. The molecule has 1 saturated carbocycles. The van der Waals surface area contributed by atoms with Gasteiger partial charge in [-0.05, 0) is 31.1 Å². The van der Waals surface area contributed by atoms with Gasteiger partial charge in [-0.3, -0.25) is 0 Å². The fraction of sp³-hybridized carbons (Fsp3) is 0.615. The number of piperidine rings is 1. The van der Waals surface area contributed by atoms with Crippen molar-refractivity contribution in [1.29, 1.82) is 0 Å². The first-order valence-corrected chi connectivity index (χ1v) is 7.00. The summed E-state index contributed by atoms with van der Waals surface area (Å²) in [4.78, 5) is 11.4. The van der Waals surface area contributed by atoms with Crippen molar-refractivity contribution in [3.63, 3.8) is 0 Å². The fourth-order valence-electron chi connectivity index (χ4n) is 3.34. The summed E-state index contributed by atoms with van der Waals surface area (Å²) in [5.74, 6) is 2.49. The quantitative estimate of drug-likeness (QED) is 0.823. The first-order chi connectivity index (χ1) is 8.74. The molecule has 1 aromatic heterocycles. The van der Waals surface area contributed by atoms with Gasteiger partial charge in [-0.15, -0.1) is 0 Å². The van der Waals surface area contributed by atoms with E-state index in [2.05, 4.69) is 14.9 Å². The van der Waals surface area contributed by atoms with Gasteiger partial charge in [-0.1, -0.05) is 18.6 Å². The van der Waals surface area contributed by atoms with E-state index >= 15 is 0 Å². The third-order valence-electron chi connectivity index (χ3n) is 4.06. The maximum atomic E-state index is 5.74. The van der Waals surface area contributed by atoms with Gasteiger partial charge in [0.2, 0.25) is 0 Å². The number of fused-ring (bicyclic) bond motifs is 2. The van der Waals surface area contributed by atoms with Crippen LogP contribution < -0.4 is 10.6 Å². The molecule has 0 radical (unpaired) electrons. The lowest BCUT2D eigenvalue weighted by Gasteiger charge is -2.42. The third-order valence-corrected chi connectivity index (χ3v) is 4.25. The summed E-state index contributed by atoms with van der Waals surface area (Å²) >= 11 is 5.07. The molecule has 0 spiro atoms. The van der Waals surface area contributed by atoms with E-state index < -0.39 is 0 Å². The predicted octanol–water partition coefficient (Wildman–Crippen LogP) is 1.74. The highest BCUT2D eigenvalue weighted by atomic mass is 32.1. The summed E-state index contributed by atoms with van der Waals surface area (Å²) in [5.41, 5.74) is 6.41. The number of hydrogen-bond donors (Lipinski definition) is 1. The van der Waals surface area contributed by atoms with Gasteiger partial charge in [0.25, 0.3) is 0 Å². The van der Waals surface area contributed by atoms with Gasteiger partial charge in [0.1, 0.15) is 10.7 Å². The first-order valence-electron chi connectivity index (χ1n) is 6.60. The van der Waals surface area contributed by atoms with Crippen LogP contribution in [0.4, 0.5) is 5.82 Å². The lowest BCUT2D eigenvalue weighted by atomic mass is 9.78. The normalized spacial score (nSPS) is 27.0. The summed E-state index contributed by atoms with van der Waals surface area (Å²) in [6.07, 6.45) is 8.82. The minimum Gasteiger partial charge on any atom is -0.388 e. The van der Waals surface area contributed by atoms with Crippen LogP contribution in [0.2, 0.25) is 0 Å². The number of nitrogens with two attached hydrogens (primary N) is 1. The number of thiocarbonyl (C=S) groups is 1. The molecule has 2 N–H and O–H groups in total. The second-order valence-electron chi connectivity index (χ2n) is 5.40. The smallest absolute Gasteiger partial charge is 0.157 e. The molecule has 5 heteroatoms. The fourth-order valence-corrected chi connectivity index (χ4v) is 3.48. The molecule has 0 aromatic carbocycles. The van der Waals surface area contributed by atoms with Gasteiger partial charge in [0, 0.05) is 25.5 Å². The molecule has 2 heterocycles. The summed E-state index contributed by atoms with van der Waals surface area (Å²) in [5, 5.41) is 0. The Morgan fingerprint density at radius 1 is 1.22 bits per heavy atom. The Morgan fingerprint density at radius 2 is 1.89 bits per heavy atom. The van der Waals surface area contributed by atoms with Crippen LogP contribution in [0, 0.1) is 11.8 Å². The van der Waals surface area contributed by atoms with Gasteiger partial charge < -0.3 is 10.6 Å². The molecule has 18 heavy (non-hydrogen) atoms. The van der Waals surface area contributed by atoms with Crippen LogP contribution in [-0.2, 0) is 0 Å². The average molecular weight is 262 g/mol. The highest BCUT2D eigenvalue weighted by molar-refractivity contribution is 7.80. The van der Waals surface area contributed by atoms with Crippen molar-refractivity contribution in [3.05, 3.63) is 18.1 Å². The Morgan fingerprint density at radius 3 is 2.56 bits per heavy atom. The number of hydrogen-bond acceptors (Lipinski definition) is 4. The topological polar surface area (TPSA) is 55.0 Å². The molecule has 1 aliphatic carbocycles. The largest absolute Gasteiger partial charge is 0.388 e. The van der Waals surface area contributed by atoms with Crippen LogP contribution in [0.5, 0.6) is 0 Å². The van der Waals surface area contributed by atoms with Gasteiger partial charge in [-0.25, -0.2) is 9.97 Å². The maximum absolute atomic E-state index is 5.74. The SMILES string of the molecule is NC(=S)c1nccnc1N1CC2CCCC(C2)C1. The van der Waals surface area contributed by atoms with Crippen molar-refractivity contribution < 1.29 is 0 Å². The average Bonchev–Trinajstić information content (AvgIpc) is 2.38. The number of aromatic nitrogens is 2. The van der Waals surface area contributed by atoms with Crippen LogP contribution >= 0.6 is 12.2 Å². The summed E-state index contributed by atoms with van der Waals surface area (Å²) < 4.78 is 0. The zero-order valence-electron chi connectivity index (χ0n) is 10.4. The zero-order chi connectivity index (χ0) is 12.5. The Kier molecular flexibility index (Phi) is 3.16. The van der Waals surface area contributed by atoms with Crippen molar-refractivity contribution in [2.45, 2.75) is 25.7 Å². The van der Waals surface area contributed by atoms with Gasteiger partial charge in [-0.2, -0.15) is 0 Å². The van der Waals surface area contributed by atoms with Crippen LogP contribution in [0.25, 0.3) is 0 Å². The van der Waals surface area contributed by atoms with E-state index in [0.29, 0.717) is 10.7 Å². The Labute approximate surface area is 113 Å². The van der Waals surface area contributed by atoms with Crippen LogP contribution in [0.3, 0.4) is 0 Å². The molecular formula is C13H18N4S. The minimum atomic E-state index is 0.342. The van der Waals surface area contributed by atoms with E-state index in [1.807, 2.05) is 0 Å². The number of rotatable bonds is 2. The molecule has 3 rings (SSSR count). The van der Waals surface area contributed by atoms with Gasteiger partial charge in [0.15, 0.2) is 5.82 Å². The Hall–Kier alpha value is -1.23. The maximum Gasteiger partial charge on any atom is 0.157 e. The number of nitrogens with zero attached hydrogens (tertiary/aromatic N) is 3. The Balaban J connectivity index is 1.88. The summed E-state index contributed by atoms with van der Waals surface area (Å²) in [6.45, 7) is 2.15. The van der Waals surface area contributed by atoms with Crippen LogP contribution in [0.1, 0.15) is 31.4 Å². The molecule has 2 bridgehead atoms. The molecular weight excluding hydrogens is 244 g/mol. The first kappa shape index (κ1) is 11.8. The molecule has 1 aliphatic heterocycles. The monoisotopic (exact) mass is 262 g/mol. The molecule has 1 aromatic rings. The lowest BCUT2D eigenvalue weighted by molar-refractivity contribution is 0.230. The highest BCUT2D eigenvalue weighted by Gasteiger charge is 2.32. The van der Waals surface area contributed by atoms with Crippen LogP contribution in [-0.4, -0.2) is 28.0 Å². The molecule has 0 amide bonds. The second kappa shape index (κ2) is 4.80. The lowest BCUT2D eigenvalue weighted by Crippen LogP contribution is -2.44. The Bertz CT molecular complexity index is 450. The standard InChI is InChI=1S/C13H18N4S/c14-12(18)11-13(16-5-4-15-11)17-7-9-2-1-3-10(6-9)8-17/h4-5,9-10H,1-3,6-8H2,(H2,14,18). The summed E-state index contributed by atoms with van der Waals surface area (Å²) in [6, 6.07) is 0. The highest BCUT2D eigenvalue weighted by Crippen LogP contribution is 2.36.